The first-order chi connectivity index (χ1) is 20.8. The molecule has 0 unspecified atom stereocenters. The zero-order valence-corrected chi connectivity index (χ0v) is 30.7. The molecule has 0 aromatic carbocycles. The van der Waals surface area contributed by atoms with E-state index in [-0.39, 0.29) is 0 Å². The molecule has 0 aromatic heterocycles. The third-order valence-corrected chi connectivity index (χ3v) is 10.3. The fraction of sp³-hybridized carbons (Fsp3) is 1.00. The molecular formula is C38H80O3Si. The molecule has 0 aliphatic rings. The molecule has 0 aliphatic heterocycles. The highest BCUT2D eigenvalue weighted by Gasteiger charge is 2.15. The van der Waals surface area contributed by atoms with Crippen molar-refractivity contribution in [2.75, 3.05) is 19.8 Å². The molecule has 0 amide bonds. The van der Waals surface area contributed by atoms with Crippen molar-refractivity contribution in [1.82, 2.24) is 0 Å². The van der Waals surface area contributed by atoms with Crippen molar-refractivity contribution in [3.8, 4) is 0 Å². The van der Waals surface area contributed by atoms with E-state index in [4.69, 9.17) is 13.3 Å². The van der Waals surface area contributed by atoms with Crippen LogP contribution in [0.2, 0.25) is 0 Å². The zero-order chi connectivity index (χ0) is 30.4. The topological polar surface area (TPSA) is 27.7 Å². The molecule has 0 rings (SSSR count). The molecule has 0 N–H and O–H groups in total. The van der Waals surface area contributed by atoms with Gasteiger partial charge in [-0.15, -0.1) is 0 Å². The maximum Gasteiger partial charge on any atom is 0.484 e. The van der Waals surface area contributed by atoms with Gasteiger partial charge in [-0.05, 0) is 19.3 Å². The predicted octanol–water partition coefficient (Wildman–Crippen LogP) is 13.3. The van der Waals surface area contributed by atoms with E-state index < -0.39 is 9.53 Å². The standard InChI is InChI=1S/C38H80O3Si/c1-4-7-10-13-16-19-22-23-26-29-32-35-38-41-42(39-36-33-30-27-24-20-17-14-11-8-5-2)40-37-34-31-28-25-21-18-15-12-9-6-3/h42H,4-38H2,1-3H3. The summed E-state index contributed by atoms with van der Waals surface area (Å²) in [5.74, 6) is 0. The molecule has 0 radical (unpaired) electrons. The van der Waals surface area contributed by atoms with E-state index in [1.807, 2.05) is 0 Å². The van der Waals surface area contributed by atoms with Crippen LogP contribution < -0.4 is 0 Å². The second-order valence-electron chi connectivity index (χ2n) is 13.2. The Kier molecular flexibility index (Phi) is 39.2. The summed E-state index contributed by atoms with van der Waals surface area (Å²) in [6, 6.07) is 0. The molecule has 0 aliphatic carbocycles. The molecule has 3 nitrogen and oxygen atoms in total. The summed E-state index contributed by atoms with van der Waals surface area (Å²) >= 11 is 0. The van der Waals surface area contributed by atoms with Gasteiger partial charge < -0.3 is 13.3 Å². The van der Waals surface area contributed by atoms with Crippen LogP contribution in [0, 0.1) is 0 Å². The quantitative estimate of drug-likeness (QED) is 0.0513. The Hall–Kier alpha value is 0.0969. The van der Waals surface area contributed by atoms with Gasteiger partial charge in [-0.25, -0.2) is 0 Å². The minimum atomic E-state index is -1.98. The molecule has 4 heteroatoms. The molecule has 0 spiro atoms. The van der Waals surface area contributed by atoms with Gasteiger partial charge in [0.15, 0.2) is 0 Å². The van der Waals surface area contributed by atoms with Crippen LogP contribution in [0.5, 0.6) is 0 Å². The zero-order valence-electron chi connectivity index (χ0n) is 29.6. The van der Waals surface area contributed by atoms with Gasteiger partial charge in [0.1, 0.15) is 0 Å². The summed E-state index contributed by atoms with van der Waals surface area (Å²) in [6.45, 7) is 9.36. The highest BCUT2D eigenvalue weighted by Crippen LogP contribution is 2.14. The fourth-order valence-corrected chi connectivity index (χ4v) is 7.17. The van der Waals surface area contributed by atoms with Crippen molar-refractivity contribution in [3.63, 3.8) is 0 Å². The second kappa shape index (κ2) is 39.1. The van der Waals surface area contributed by atoms with E-state index in [9.17, 15) is 0 Å². The molecule has 254 valence electrons. The average Bonchev–Trinajstić information content (AvgIpc) is 3.00. The van der Waals surface area contributed by atoms with Gasteiger partial charge in [0, 0.05) is 19.8 Å². The van der Waals surface area contributed by atoms with E-state index in [2.05, 4.69) is 20.8 Å². The molecule has 0 heterocycles. The minimum absolute atomic E-state index is 0.823. The predicted molar refractivity (Wildman–Crippen MR) is 190 cm³/mol. The first-order valence-corrected chi connectivity index (χ1v) is 21.1. The average molecular weight is 613 g/mol. The lowest BCUT2D eigenvalue weighted by Crippen LogP contribution is -2.28. The molecular weight excluding hydrogens is 533 g/mol. The van der Waals surface area contributed by atoms with Gasteiger partial charge in [-0.2, -0.15) is 0 Å². The van der Waals surface area contributed by atoms with Crippen LogP contribution in [-0.2, 0) is 13.3 Å². The number of hydrogen-bond acceptors (Lipinski definition) is 3. The molecule has 42 heavy (non-hydrogen) atoms. The third kappa shape index (κ3) is 36.3. The van der Waals surface area contributed by atoms with Crippen molar-refractivity contribution in [2.45, 2.75) is 226 Å². The van der Waals surface area contributed by atoms with Crippen LogP contribution in [0.4, 0.5) is 0 Å². The normalized spacial score (nSPS) is 11.7. The molecule has 0 atom stereocenters. The lowest BCUT2D eigenvalue weighted by Gasteiger charge is -2.17. The number of unbranched alkanes of at least 4 members (excludes halogenated alkanes) is 29. The molecule has 0 saturated carbocycles. The SMILES string of the molecule is CCCCCCCCCCCCCCO[SiH](OCCCCCCCCCCCC)OCCCCCCCCCCCC. The Morgan fingerprint density at radius 1 is 0.238 bits per heavy atom. The van der Waals surface area contributed by atoms with Gasteiger partial charge in [0.25, 0.3) is 0 Å². The first-order valence-electron chi connectivity index (χ1n) is 19.7. The van der Waals surface area contributed by atoms with E-state index in [0.29, 0.717) is 0 Å². The van der Waals surface area contributed by atoms with Crippen molar-refractivity contribution < 1.29 is 13.3 Å². The van der Waals surface area contributed by atoms with Crippen molar-refractivity contribution in [1.29, 1.82) is 0 Å². The smallest absolute Gasteiger partial charge is 0.376 e. The van der Waals surface area contributed by atoms with Crippen LogP contribution in [0.3, 0.4) is 0 Å². The van der Waals surface area contributed by atoms with Gasteiger partial charge >= 0.3 is 9.53 Å². The Bertz CT molecular complexity index is 436. The van der Waals surface area contributed by atoms with Crippen LogP contribution in [0.1, 0.15) is 226 Å². The number of hydrogen-bond donors (Lipinski definition) is 0. The highest BCUT2D eigenvalue weighted by molar-refractivity contribution is 6.36. The summed E-state index contributed by atoms with van der Waals surface area (Å²) in [7, 11) is -1.98. The van der Waals surface area contributed by atoms with E-state index in [1.165, 1.54) is 186 Å². The first kappa shape index (κ1) is 42.1. The van der Waals surface area contributed by atoms with E-state index in [1.54, 1.807) is 0 Å². The van der Waals surface area contributed by atoms with E-state index >= 15 is 0 Å². The minimum Gasteiger partial charge on any atom is -0.376 e. The lowest BCUT2D eigenvalue weighted by atomic mass is 10.1. The third-order valence-electron chi connectivity index (χ3n) is 8.76. The summed E-state index contributed by atoms with van der Waals surface area (Å²) in [5, 5.41) is 0. The molecule has 0 saturated heterocycles. The lowest BCUT2D eigenvalue weighted by molar-refractivity contribution is 0.0885. The van der Waals surface area contributed by atoms with Gasteiger partial charge in [-0.3, -0.25) is 0 Å². The van der Waals surface area contributed by atoms with Gasteiger partial charge in [0.2, 0.25) is 0 Å². The Labute approximate surface area is 268 Å². The van der Waals surface area contributed by atoms with Crippen molar-refractivity contribution in [2.24, 2.45) is 0 Å². The Balaban J connectivity index is 3.89. The van der Waals surface area contributed by atoms with Crippen molar-refractivity contribution in [3.05, 3.63) is 0 Å². The summed E-state index contributed by atoms with van der Waals surface area (Å²) < 4.78 is 18.6. The van der Waals surface area contributed by atoms with Gasteiger partial charge in [0.05, 0.1) is 0 Å². The summed E-state index contributed by atoms with van der Waals surface area (Å²) in [6.07, 6.45) is 43.8. The van der Waals surface area contributed by atoms with Gasteiger partial charge in [-0.1, -0.05) is 207 Å². The Morgan fingerprint density at radius 2 is 0.405 bits per heavy atom. The largest absolute Gasteiger partial charge is 0.484 e. The Morgan fingerprint density at radius 3 is 0.595 bits per heavy atom. The highest BCUT2D eigenvalue weighted by atomic mass is 28.3. The maximum absolute atomic E-state index is 6.21. The van der Waals surface area contributed by atoms with E-state index in [0.717, 1.165) is 39.1 Å². The van der Waals surface area contributed by atoms with Crippen molar-refractivity contribution >= 4 is 9.53 Å². The molecule has 0 bridgehead atoms. The van der Waals surface area contributed by atoms with Crippen LogP contribution >= 0.6 is 0 Å². The van der Waals surface area contributed by atoms with Crippen LogP contribution in [-0.4, -0.2) is 29.3 Å². The number of rotatable bonds is 38. The summed E-state index contributed by atoms with van der Waals surface area (Å²) in [4.78, 5) is 0. The maximum atomic E-state index is 6.21. The fourth-order valence-electron chi connectivity index (χ4n) is 5.81. The monoisotopic (exact) mass is 613 g/mol. The molecule has 0 aromatic rings. The molecule has 0 fully saturated rings. The van der Waals surface area contributed by atoms with Crippen LogP contribution in [0.15, 0.2) is 0 Å². The summed E-state index contributed by atoms with van der Waals surface area (Å²) in [5.41, 5.74) is 0. The van der Waals surface area contributed by atoms with Crippen LogP contribution in [0.25, 0.3) is 0 Å². The second-order valence-corrected chi connectivity index (χ2v) is 14.7.